The summed E-state index contributed by atoms with van der Waals surface area (Å²) in [4.78, 5) is 18.7. The number of rotatable bonds is 4. The molecule has 0 aliphatic rings. The van der Waals surface area contributed by atoms with E-state index in [2.05, 4.69) is 31.2 Å². The summed E-state index contributed by atoms with van der Waals surface area (Å²) >= 11 is 3.19. The molecule has 0 fully saturated rings. The van der Waals surface area contributed by atoms with Crippen LogP contribution in [0.25, 0.3) is 6.08 Å². The molecule has 2 heterocycles. The van der Waals surface area contributed by atoms with Crippen LogP contribution in [-0.2, 0) is 4.79 Å². The summed E-state index contributed by atoms with van der Waals surface area (Å²) < 4.78 is 5.87. The van der Waals surface area contributed by atoms with Crippen molar-refractivity contribution in [2.75, 3.05) is 0 Å². The van der Waals surface area contributed by atoms with E-state index in [1.807, 2.05) is 6.92 Å². The maximum Gasteiger partial charge on any atom is 0.244 e. The van der Waals surface area contributed by atoms with E-state index < -0.39 is 0 Å². The zero-order valence-electron chi connectivity index (χ0n) is 9.68. The molecule has 1 atom stereocenters. The van der Waals surface area contributed by atoms with Crippen LogP contribution in [0, 0.1) is 0 Å². The third kappa shape index (κ3) is 3.33. The van der Waals surface area contributed by atoms with Crippen molar-refractivity contribution in [2.24, 2.45) is 0 Å². The van der Waals surface area contributed by atoms with E-state index in [0.29, 0.717) is 10.4 Å². The SMILES string of the molecule is CC(NC(=O)/C=C/c1ccc(Br)o1)c1ncc[nH]1. The monoisotopic (exact) mass is 309 g/mol. The number of aromatic amines is 1. The van der Waals surface area contributed by atoms with E-state index in [4.69, 9.17) is 4.42 Å². The molecule has 0 saturated heterocycles. The molecule has 2 rings (SSSR count). The number of H-pyrrole nitrogens is 1. The van der Waals surface area contributed by atoms with Gasteiger partial charge < -0.3 is 14.7 Å². The Morgan fingerprint density at radius 2 is 2.44 bits per heavy atom. The maximum atomic E-state index is 11.6. The van der Waals surface area contributed by atoms with E-state index in [0.717, 1.165) is 5.82 Å². The first-order valence-corrected chi connectivity index (χ1v) is 6.17. The van der Waals surface area contributed by atoms with Gasteiger partial charge in [-0.25, -0.2) is 4.98 Å². The third-order valence-corrected chi connectivity index (χ3v) is 2.71. The number of aromatic nitrogens is 2. The zero-order valence-corrected chi connectivity index (χ0v) is 11.3. The lowest BCUT2D eigenvalue weighted by Gasteiger charge is -2.08. The molecule has 94 valence electrons. The van der Waals surface area contributed by atoms with Crippen LogP contribution in [0.1, 0.15) is 24.6 Å². The highest BCUT2D eigenvalue weighted by Crippen LogP contribution is 2.15. The Morgan fingerprint density at radius 1 is 1.61 bits per heavy atom. The van der Waals surface area contributed by atoms with Gasteiger partial charge in [-0.15, -0.1) is 0 Å². The van der Waals surface area contributed by atoms with Gasteiger partial charge in [-0.1, -0.05) is 0 Å². The number of halogens is 1. The van der Waals surface area contributed by atoms with Crippen LogP contribution < -0.4 is 5.32 Å². The molecule has 1 amide bonds. The summed E-state index contributed by atoms with van der Waals surface area (Å²) in [5.74, 6) is 1.13. The first-order chi connectivity index (χ1) is 8.65. The molecule has 0 aliphatic carbocycles. The molecule has 0 saturated carbocycles. The van der Waals surface area contributed by atoms with Crippen molar-refractivity contribution in [1.82, 2.24) is 15.3 Å². The van der Waals surface area contributed by atoms with E-state index in [9.17, 15) is 4.79 Å². The largest absolute Gasteiger partial charge is 0.450 e. The molecule has 0 aromatic carbocycles. The maximum absolute atomic E-state index is 11.6. The molecule has 2 aromatic rings. The predicted octanol–water partition coefficient (Wildman–Crippen LogP) is 2.66. The number of carbonyl (C=O) groups excluding carboxylic acids is 1. The van der Waals surface area contributed by atoms with Crippen molar-refractivity contribution in [3.05, 3.63) is 46.9 Å². The minimum absolute atomic E-state index is 0.166. The molecule has 2 N–H and O–H groups in total. The highest BCUT2D eigenvalue weighted by Gasteiger charge is 2.09. The number of hydrogen-bond acceptors (Lipinski definition) is 3. The number of carbonyl (C=O) groups is 1. The highest BCUT2D eigenvalue weighted by atomic mass is 79.9. The van der Waals surface area contributed by atoms with Crippen molar-refractivity contribution in [3.8, 4) is 0 Å². The van der Waals surface area contributed by atoms with Crippen LogP contribution in [0.15, 0.2) is 39.7 Å². The van der Waals surface area contributed by atoms with Crippen molar-refractivity contribution < 1.29 is 9.21 Å². The smallest absolute Gasteiger partial charge is 0.244 e. The van der Waals surface area contributed by atoms with E-state index in [1.54, 1.807) is 30.6 Å². The molecule has 5 nitrogen and oxygen atoms in total. The molecular formula is C12H12BrN3O2. The molecule has 6 heteroatoms. The van der Waals surface area contributed by atoms with Crippen LogP contribution in [0.4, 0.5) is 0 Å². The molecule has 18 heavy (non-hydrogen) atoms. The van der Waals surface area contributed by atoms with Crippen LogP contribution in [-0.4, -0.2) is 15.9 Å². The lowest BCUT2D eigenvalue weighted by molar-refractivity contribution is -0.117. The van der Waals surface area contributed by atoms with Gasteiger partial charge in [-0.3, -0.25) is 4.79 Å². The lowest BCUT2D eigenvalue weighted by atomic mass is 10.3. The van der Waals surface area contributed by atoms with E-state index in [1.165, 1.54) is 6.08 Å². The summed E-state index contributed by atoms with van der Waals surface area (Å²) in [6, 6.07) is 3.37. The number of nitrogens with one attached hydrogen (secondary N) is 2. The molecule has 0 spiro atoms. The van der Waals surface area contributed by atoms with Crippen molar-refractivity contribution >= 4 is 27.9 Å². The van der Waals surface area contributed by atoms with Crippen LogP contribution in [0.3, 0.4) is 0 Å². The highest BCUT2D eigenvalue weighted by molar-refractivity contribution is 9.10. The number of imidazole rings is 1. The van der Waals surface area contributed by atoms with Gasteiger partial charge in [0, 0.05) is 18.5 Å². The molecule has 0 bridgehead atoms. The molecule has 0 aliphatic heterocycles. The van der Waals surface area contributed by atoms with Crippen molar-refractivity contribution in [1.29, 1.82) is 0 Å². The number of amides is 1. The van der Waals surface area contributed by atoms with Crippen LogP contribution in [0.2, 0.25) is 0 Å². The Hall–Kier alpha value is -1.82. The second kappa shape index (κ2) is 5.68. The summed E-state index contributed by atoms with van der Waals surface area (Å²) in [6.45, 7) is 1.86. The second-order valence-corrected chi connectivity index (χ2v) is 4.46. The third-order valence-electron chi connectivity index (χ3n) is 2.28. The first-order valence-electron chi connectivity index (χ1n) is 5.38. The van der Waals surface area contributed by atoms with Crippen LogP contribution >= 0.6 is 15.9 Å². The van der Waals surface area contributed by atoms with E-state index in [-0.39, 0.29) is 11.9 Å². The molecule has 1 unspecified atom stereocenters. The first kappa shape index (κ1) is 12.6. The van der Waals surface area contributed by atoms with Gasteiger partial charge in [0.05, 0.1) is 6.04 Å². The zero-order chi connectivity index (χ0) is 13.0. The Morgan fingerprint density at radius 3 is 3.06 bits per heavy atom. The van der Waals surface area contributed by atoms with Gasteiger partial charge in [-0.2, -0.15) is 0 Å². The van der Waals surface area contributed by atoms with Gasteiger partial charge in [0.1, 0.15) is 11.6 Å². The second-order valence-electron chi connectivity index (χ2n) is 3.68. The fourth-order valence-corrected chi connectivity index (χ4v) is 1.74. The Bertz CT molecular complexity index is 545. The van der Waals surface area contributed by atoms with Crippen molar-refractivity contribution in [3.63, 3.8) is 0 Å². The standard InChI is InChI=1S/C12H12BrN3O2/c1-8(12-14-6-7-15-12)16-11(17)5-3-9-2-4-10(13)18-9/h2-8H,1H3,(H,14,15)(H,16,17)/b5-3+. The fourth-order valence-electron chi connectivity index (χ4n) is 1.42. The minimum Gasteiger partial charge on any atom is -0.450 e. The molecule has 2 aromatic heterocycles. The van der Waals surface area contributed by atoms with Gasteiger partial charge in [0.15, 0.2) is 4.67 Å². The average molecular weight is 310 g/mol. The van der Waals surface area contributed by atoms with Crippen molar-refractivity contribution in [2.45, 2.75) is 13.0 Å². The summed E-state index contributed by atoms with van der Waals surface area (Å²) in [6.07, 6.45) is 6.39. The van der Waals surface area contributed by atoms with Crippen LogP contribution in [0.5, 0.6) is 0 Å². The Labute approximate surface area is 112 Å². The summed E-state index contributed by atoms with van der Waals surface area (Å²) in [7, 11) is 0. The Kier molecular flexibility index (Phi) is 3.99. The summed E-state index contributed by atoms with van der Waals surface area (Å²) in [5, 5.41) is 2.79. The normalized spacial score (nSPS) is 12.8. The van der Waals surface area contributed by atoms with Gasteiger partial charge >= 0.3 is 0 Å². The quantitative estimate of drug-likeness (QED) is 0.853. The van der Waals surface area contributed by atoms with E-state index >= 15 is 0 Å². The van der Waals surface area contributed by atoms with Gasteiger partial charge in [-0.05, 0) is 41.1 Å². The molecule has 0 radical (unpaired) electrons. The number of furan rings is 1. The Balaban J connectivity index is 1.91. The topological polar surface area (TPSA) is 70.9 Å². The fraction of sp³-hybridized carbons (Fsp3) is 0.167. The predicted molar refractivity (Wildman–Crippen MR) is 70.6 cm³/mol. The van der Waals surface area contributed by atoms with Gasteiger partial charge in [0.2, 0.25) is 5.91 Å². The molecular weight excluding hydrogens is 298 g/mol. The lowest BCUT2D eigenvalue weighted by Crippen LogP contribution is -2.25. The number of nitrogens with zero attached hydrogens (tertiary/aromatic N) is 1. The van der Waals surface area contributed by atoms with Gasteiger partial charge in [0.25, 0.3) is 0 Å². The summed E-state index contributed by atoms with van der Waals surface area (Å²) in [5.41, 5.74) is 0. The average Bonchev–Trinajstić information content (AvgIpc) is 2.97. The minimum atomic E-state index is -0.202. The number of hydrogen-bond donors (Lipinski definition) is 2.